The molecule has 5 nitrogen and oxygen atoms in total. The first-order chi connectivity index (χ1) is 13.9. The van der Waals surface area contributed by atoms with E-state index in [0.717, 1.165) is 37.3 Å². The number of hydrogen-bond acceptors (Lipinski definition) is 4. The van der Waals surface area contributed by atoms with Gasteiger partial charge in [-0.05, 0) is 49.6 Å². The lowest BCUT2D eigenvalue weighted by molar-refractivity contribution is 0.0602. The van der Waals surface area contributed by atoms with E-state index in [0.29, 0.717) is 22.2 Å². The number of nitrogens with one attached hydrogen (secondary N) is 1. The molecule has 2 heterocycles. The molecular weight excluding hydrogens is 371 g/mol. The highest BCUT2D eigenvalue weighted by molar-refractivity contribution is 6.13. The van der Waals surface area contributed by atoms with Crippen LogP contribution in [-0.4, -0.2) is 30.5 Å². The van der Waals surface area contributed by atoms with Gasteiger partial charge in [0.15, 0.2) is 6.29 Å². The van der Waals surface area contributed by atoms with Gasteiger partial charge in [0.25, 0.3) is 0 Å². The van der Waals surface area contributed by atoms with Gasteiger partial charge in [-0.15, -0.1) is 0 Å². The summed E-state index contributed by atoms with van der Waals surface area (Å²) in [7, 11) is 3.00. The van der Waals surface area contributed by atoms with E-state index in [4.69, 9.17) is 4.74 Å². The summed E-state index contributed by atoms with van der Waals surface area (Å²) in [6, 6.07) is 10.5. The third kappa shape index (κ3) is 3.04. The van der Waals surface area contributed by atoms with Crippen LogP contribution in [0.15, 0.2) is 36.4 Å². The summed E-state index contributed by atoms with van der Waals surface area (Å²) in [6.45, 7) is 3.19. The number of ether oxygens (including phenoxy) is 1. The van der Waals surface area contributed by atoms with Crippen LogP contribution in [0.3, 0.4) is 0 Å². The van der Waals surface area contributed by atoms with Gasteiger partial charge in [0.05, 0.1) is 23.9 Å². The number of aldehydes is 1. The van der Waals surface area contributed by atoms with Gasteiger partial charge in [0.2, 0.25) is 0 Å². The van der Waals surface area contributed by atoms with E-state index in [9.17, 15) is 14.0 Å². The van der Waals surface area contributed by atoms with Crippen LogP contribution in [0.4, 0.5) is 4.39 Å². The molecule has 0 spiro atoms. The fraction of sp³-hybridized carbons (Fsp3) is 0.304. The van der Waals surface area contributed by atoms with Crippen LogP contribution in [0.1, 0.15) is 46.0 Å². The molecule has 1 aromatic heterocycles. The molecule has 1 aliphatic rings. The molecule has 1 atom stereocenters. The first-order valence-electron chi connectivity index (χ1n) is 9.61. The van der Waals surface area contributed by atoms with E-state index in [2.05, 4.69) is 24.4 Å². The molecule has 0 saturated carbocycles. The zero-order valence-corrected chi connectivity index (χ0v) is 16.7. The number of esters is 1. The highest BCUT2D eigenvalue weighted by atomic mass is 19.1. The van der Waals surface area contributed by atoms with Gasteiger partial charge in [0, 0.05) is 23.5 Å². The minimum atomic E-state index is -0.676. The van der Waals surface area contributed by atoms with E-state index in [1.807, 2.05) is 12.1 Å². The fourth-order valence-electron chi connectivity index (χ4n) is 4.43. The lowest BCUT2D eigenvalue weighted by atomic mass is 9.89. The molecule has 1 N–H and O–H groups in total. The quantitative estimate of drug-likeness (QED) is 0.533. The van der Waals surface area contributed by atoms with Crippen molar-refractivity contribution in [2.24, 2.45) is 7.05 Å². The van der Waals surface area contributed by atoms with E-state index in [1.54, 1.807) is 11.6 Å². The number of hydrogen-bond donors (Lipinski definition) is 1. The van der Waals surface area contributed by atoms with Crippen LogP contribution in [0.5, 0.6) is 0 Å². The second-order valence-electron chi connectivity index (χ2n) is 7.72. The minimum Gasteiger partial charge on any atom is -0.465 e. The Morgan fingerprint density at radius 3 is 2.59 bits per heavy atom. The molecular formula is C23H23FN2O3. The maximum Gasteiger partial charge on any atom is 0.338 e. The Hall–Kier alpha value is -2.99. The van der Waals surface area contributed by atoms with Crippen LogP contribution >= 0.6 is 0 Å². The topological polar surface area (TPSA) is 60.3 Å². The summed E-state index contributed by atoms with van der Waals surface area (Å²) in [5, 5.41) is 3.94. The molecule has 1 unspecified atom stereocenters. The second-order valence-corrected chi connectivity index (χ2v) is 7.72. The van der Waals surface area contributed by atoms with Crippen LogP contribution in [0.25, 0.3) is 22.2 Å². The normalized spacial score (nSPS) is 18.9. The molecule has 6 heteroatoms. The first-order valence-corrected chi connectivity index (χ1v) is 9.61. The molecule has 4 rings (SSSR count). The van der Waals surface area contributed by atoms with Crippen LogP contribution in [0, 0.1) is 5.82 Å². The van der Waals surface area contributed by atoms with Gasteiger partial charge < -0.3 is 14.6 Å². The smallest absolute Gasteiger partial charge is 0.338 e. The maximum atomic E-state index is 14.2. The number of aromatic nitrogens is 1. The number of methoxy groups -OCH3 is 1. The molecule has 1 saturated heterocycles. The van der Waals surface area contributed by atoms with Crippen LogP contribution < -0.4 is 5.32 Å². The number of carbonyl (C=O) groups excluding carboxylic acids is 2. The molecule has 3 aromatic rings. The Morgan fingerprint density at radius 1 is 1.28 bits per heavy atom. The van der Waals surface area contributed by atoms with Crippen LogP contribution in [0.2, 0.25) is 0 Å². The molecule has 150 valence electrons. The van der Waals surface area contributed by atoms with Gasteiger partial charge in [-0.3, -0.25) is 4.79 Å². The van der Waals surface area contributed by atoms with Crippen molar-refractivity contribution in [3.63, 3.8) is 0 Å². The van der Waals surface area contributed by atoms with E-state index >= 15 is 0 Å². The Balaban J connectivity index is 1.91. The van der Waals surface area contributed by atoms with E-state index in [-0.39, 0.29) is 11.1 Å². The average Bonchev–Trinajstić information content (AvgIpc) is 3.29. The third-order valence-electron chi connectivity index (χ3n) is 5.99. The first kappa shape index (κ1) is 19.3. The maximum absolute atomic E-state index is 14.2. The largest absolute Gasteiger partial charge is 0.465 e. The molecule has 2 aromatic carbocycles. The van der Waals surface area contributed by atoms with Crippen molar-refractivity contribution in [2.75, 3.05) is 13.7 Å². The molecule has 0 aliphatic carbocycles. The van der Waals surface area contributed by atoms with Gasteiger partial charge in [-0.1, -0.05) is 24.3 Å². The van der Waals surface area contributed by atoms with Crippen molar-refractivity contribution in [3.05, 3.63) is 58.9 Å². The Morgan fingerprint density at radius 2 is 2.00 bits per heavy atom. The van der Waals surface area contributed by atoms with Crippen molar-refractivity contribution in [3.8, 4) is 11.3 Å². The molecule has 29 heavy (non-hydrogen) atoms. The summed E-state index contributed by atoms with van der Waals surface area (Å²) in [6.07, 6.45) is 2.93. The van der Waals surface area contributed by atoms with Crippen LogP contribution in [-0.2, 0) is 17.3 Å². The fourth-order valence-corrected chi connectivity index (χ4v) is 4.43. The zero-order chi connectivity index (χ0) is 20.8. The summed E-state index contributed by atoms with van der Waals surface area (Å²) >= 11 is 0. The standard InChI is InChI=1S/C23H23FN2O3/c1-23(9-4-10-25-23)15-7-5-14(6-8-15)21-18(13-27)20-17(22(28)29-3)11-16(24)12-19(20)26(21)2/h5-8,11-13,25H,4,9-10H2,1-3H3. The molecule has 0 radical (unpaired) electrons. The predicted octanol–water partition coefficient (Wildman–Crippen LogP) is 4.18. The van der Waals surface area contributed by atoms with Crippen molar-refractivity contribution < 1.29 is 18.7 Å². The number of carbonyl (C=O) groups is 2. The lowest BCUT2D eigenvalue weighted by Gasteiger charge is -2.25. The minimum absolute atomic E-state index is 0.0470. The number of aryl methyl sites for hydroxylation is 1. The predicted molar refractivity (Wildman–Crippen MR) is 110 cm³/mol. The molecule has 1 fully saturated rings. The van der Waals surface area contributed by atoms with Crippen molar-refractivity contribution in [2.45, 2.75) is 25.3 Å². The molecule has 1 aliphatic heterocycles. The Labute approximate surface area is 168 Å². The molecule has 0 bridgehead atoms. The summed E-state index contributed by atoms with van der Waals surface area (Å²) in [5.74, 6) is -1.23. The number of rotatable bonds is 4. The lowest BCUT2D eigenvalue weighted by Crippen LogP contribution is -2.32. The number of nitrogens with zero attached hydrogens (tertiary/aromatic N) is 1. The average molecular weight is 394 g/mol. The Bertz CT molecular complexity index is 1110. The number of fused-ring (bicyclic) bond motifs is 1. The highest BCUT2D eigenvalue weighted by Crippen LogP contribution is 2.37. The van der Waals surface area contributed by atoms with Gasteiger partial charge >= 0.3 is 5.97 Å². The van der Waals surface area contributed by atoms with Gasteiger partial charge in [0.1, 0.15) is 5.82 Å². The number of benzene rings is 2. The summed E-state index contributed by atoms with van der Waals surface area (Å²) < 4.78 is 20.7. The third-order valence-corrected chi connectivity index (χ3v) is 5.99. The van der Waals surface area contributed by atoms with Gasteiger partial charge in [-0.25, -0.2) is 9.18 Å². The van der Waals surface area contributed by atoms with Gasteiger partial charge in [-0.2, -0.15) is 0 Å². The van der Waals surface area contributed by atoms with Crippen molar-refractivity contribution in [1.82, 2.24) is 9.88 Å². The summed E-state index contributed by atoms with van der Waals surface area (Å²) in [5.41, 5.74) is 3.47. The summed E-state index contributed by atoms with van der Waals surface area (Å²) in [4.78, 5) is 24.2. The van der Waals surface area contributed by atoms with E-state index < -0.39 is 11.8 Å². The monoisotopic (exact) mass is 394 g/mol. The Kier molecular flexibility index (Phi) is 4.74. The molecule has 0 amide bonds. The van der Waals surface area contributed by atoms with E-state index in [1.165, 1.54) is 18.7 Å². The van der Waals surface area contributed by atoms with Crippen molar-refractivity contribution >= 4 is 23.2 Å². The highest BCUT2D eigenvalue weighted by Gasteiger charge is 2.30. The number of halogens is 1. The van der Waals surface area contributed by atoms with Crippen molar-refractivity contribution in [1.29, 1.82) is 0 Å². The zero-order valence-electron chi connectivity index (χ0n) is 16.7. The SMILES string of the molecule is COC(=O)c1cc(F)cc2c1c(C=O)c(-c1ccc(C3(C)CCCN3)cc1)n2C. The second kappa shape index (κ2) is 7.12.